The minimum absolute atomic E-state index is 0.0634. The van der Waals surface area contributed by atoms with E-state index in [2.05, 4.69) is 11.9 Å². The molecule has 7 nitrogen and oxygen atoms in total. The first-order chi connectivity index (χ1) is 9.06. The van der Waals surface area contributed by atoms with Gasteiger partial charge in [0.2, 0.25) is 5.76 Å². The van der Waals surface area contributed by atoms with Crippen LogP contribution in [0.2, 0.25) is 0 Å². The largest absolute Gasteiger partial charge is 0.475 e. The molecule has 19 heavy (non-hydrogen) atoms. The molecule has 1 aromatic rings. The number of alkyl carbamates (subject to hydrolysis) is 1. The van der Waals surface area contributed by atoms with Crippen LogP contribution in [0.5, 0.6) is 0 Å². The first-order valence-electron chi connectivity index (χ1n) is 5.54. The number of rotatable bonds is 7. The number of carbonyl (C=O) groups excluding carboxylic acids is 1. The Labute approximate surface area is 109 Å². The summed E-state index contributed by atoms with van der Waals surface area (Å²) in [5.74, 6) is -1.02. The molecule has 1 aromatic heterocycles. The van der Waals surface area contributed by atoms with Gasteiger partial charge in [0.15, 0.2) is 0 Å². The molecular weight excluding hydrogens is 254 g/mol. The van der Waals surface area contributed by atoms with Crippen molar-refractivity contribution in [3.8, 4) is 0 Å². The lowest BCUT2D eigenvalue weighted by atomic mass is 10.2. The third kappa shape index (κ3) is 4.84. The zero-order chi connectivity index (χ0) is 14.3. The van der Waals surface area contributed by atoms with Crippen molar-refractivity contribution in [1.82, 2.24) is 5.32 Å². The maximum Gasteiger partial charge on any atom is 0.407 e. The van der Waals surface area contributed by atoms with Gasteiger partial charge in [0, 0.05) is 6.42 Å². The van der Waals surface area contributed by atoms with E-state index in [1.165, 1.54) is 18.2 Å². The molecule has 0 spiro atoms. The number of carboxylic acids is 1. The lowest BCUT2D eigenvalue weighted by Crippen LogP contribution is -2.39. The predicted octanol–water partition coefficient (Wildman–Crippen LogP) is 0.793. The van der Waals surface area contributed by atoms with Crippen LogP contribution < -0.4 is 5.32 Å². The number of amides is 1. The molecule has 0 aliphatic rings. The molecule has 0 saturated carbocycles. The van der Waals surface area contributed by atoms with Crippen molar-refractivity contribution in [1.29, 1.82) is 0 Å². The van der Waals surface area contributed by atoms with Crippen molar-refractivity contribution < 1.29 is 29.0 Å². The Balaban J connectivity index is 2.53. The maximum absolute atomic E-state index is 11.3. The number of ether oxygens (including phenoxy) is 1. The molecule has 0 saturated heterocycles. The third-order valence-electron chi connectivity index (χ3n) is 2.19. The van der Waals surface area contributed by atoms with Crippen molar-refractivity contribution in [3.05, 3.63) is 36.3 Å². The Morgan fingerprint density at radius 1 is 1.53 bits per heavy atom. The van der Waals surface area contributed by atoms with Crippen LogP contribution in [0.3, 0.4) is 0 Å². The predicted molar refractivity (Wildman–Crippen MR) is 64.9 cm³/mol. The maximum atomic E-state index is 11.3. The number of hydrogen-bond acceptors (Lipinski definition) is 5. The second-order valence-corrected chi connectivity index (χ2v) is 3.69. The highest BCUT2D eigenvalue weighted by Crippen LogP contribution is 2.10. The first-order valence-corrected chi connectivity index (χ1v) is 5.54. The molecule has 0 aromatic carbocycles. The van der Waals surface area contributed by atoms with E-state index in [-0.39, 0.29) is 25.4 Å². The van der Waals surface area contributed by atoms with E-state index >= 15 is 0 Å². The van der Waals surface area contributed by atoms with Crippen LogP contribution in [0.1, 0.15) is 16.3 Å². The molecule has 0 fully saturated rings. The Morgan fingerprint density at radius 2 is 2.26 bits per heavy atom. The van der Waals surface area contributed by atoms with E-state index in [4.69, 9.17) is 19.4 Å². The number of aliphatic hydroxyl groups is 1. The van der Waals surface area contributed by atoms with Crippen LogP contribution in [-0.2, 0) is 11.2 Å². The van der Waals surface area contributed by atoms with Crippen LogP contribution in [0.4, 0.5) is 4.79 Å². The number of furan rings is 1. The van der Waals surface area contributed by atoms with Gasteiger partial charge in [0.25, 0.3) is 0 Å². The second-order valence-electron chi connectivity index (χ2n) is 3.69. The molecule has 7 heteroatoms. The molecule has 0 aliphatic heterocycles. The Hall–Kier alpha value is -2.28. The molecule has 1 atom stereocenters. The average Bonchev–Trinajstić information content (AvgIpc) is 2.84. The summed E-state index contributed by atoms with van der Waals surface area (Å²) < 4.78 is 9.72. The van der Waals surface area contributed by atoms with Crippen LogP contribution in [0.15, 0.2) is 29.2 Å². The number of aliphatic hydroxyl groups excluding tert-OH is 1. The standard InChI is InChI=1S/C12H15NO6/c1-2-5-18-12(17)13-8(7-14)6-9-3-4-10(19-9)11(15)16/h2-4,8,14H,1,5-7H2,(H,13,17)(H,15,16). The topological polar surface area (TPSA) is 109 Å². The van der Waals surface area contributed by atoms with E-state index in [0.717, 1.165) is 0 Å². The van der Waals surface area contributed by atoms with Gasteiger partial charge in [-0.1, -0.05) is 12.7 Å². The van der Waals surface area contributed by atoms with Crippen LogP contribution >= 0.6 is 0 Å². The highest BCUT2D eigenvalue weighted by Gasteiger charge is 2.16. The summed E-state index contributed by atoms with van der Waals surface area (Å²) in [6.07, 6.45) is 0.885. The lowest BCUT2D eigenvalue weighted by Gasteiger charge is -2.14. The van der Waals surface area contributed by atoms with Crippen molar-refractivity contribution >= 4 is 12.1 Å². The SMILES string of the molecule is C=CCOC(=O)NC(CO)Cc1ccc(C(=O)O)o1. The van der Waals surface area contributed by atoms with Crippen molar-refractivity contribution in [2.45, 2.75) is 12.5 Å². The molecule has 3 N–H and O–H groups in total. The van der Waals surface area contributed by atoms with Crippen LogP contribution in [0.25, 0.3) is 0 Å². The van der Waals surface area contributed by atoms with E-state index in [1.54, 1.807) is 0 Å². The molecule has 0 aliphatic carbocycles. The Bertz CT molecular complexity index is 453. The highest BCUT2D eigenvalue weighted by molar-refractivity contribution is 5.84. The summed E-state index contributed by atoms with van der Waals surface area (Å²) >= 11 is 0. The fourth-order valence-electron chi connectivity index (χ4n) is 1.35. The van der Waals surface area contributed by atoms with E-state index in [0.29, 0.717) is 5.76 Å². The minimum Gasteiger partial charge on any atom is -0.475 e. The van der Waals surface area contributed by atoms with Gasteiger partial charge in [-0.15, -0.1) is 0 Å². The molecule has 1 rings (SSSR count). The number of hydrogen-bond donors (Lipinski definition) is 3. The molecule has 104 valence electrons. The quantitative estimate of drug-likeness (QED) is 0.631. The summed E-state index contributed by atoms with van der Waals surface area (Å²) in [7, 11) is 0. The van der Waals surface area contributed by atoms with Gasteiger partial charge in [-0.3, -0.25) is 0 Å². The number of nitrogens with one attached hydrogen (secondary N) is 1. The molecule has 1 heterocycles. The lowest BCUT2D eigenvalue weighted by molar-refractivity contribution is 0.0659. The summed E-state index contributed by atoms with van der Waals surface area (Å²) in [5.41, 5.74) is 0. The van der Waals surface area contributed by atoms with Crippen molar-refractivity contribution in [3.63, 3.8) is 0 Å². The first kappa shape index (κ1) is 14.8. The van der Waals surface area contributed by atoms with Gasteiger partial charge in [-0.05, 0) is 12.1 Å². The van der Waals surface area contributed by atoms with Crippen molar-refractivity contribution in [2.24, 2.45) is 0 Å². The Morgan fingerprint density at radius 3 is 2.79 bits per heavy atom. The number of aromatic carboxylic acids is 1. The molecular formula is C12H15NO6. The highest BCUT2D eigenvalue weighted by atomic mass is 16.5. The van der Waals surface area contributed by atoms with Gasteiger partial charge >= 0.3 is 12.1 Å². The van der Waals surface area contributed by atoms with Gasteiger partial charge in [-0.2, -0.15) is 0 Å². The minimum atomic E-state index is -1.18. The van der Waals surface area contributed by atoms with Crippen LogP contribution in [0, 0.1) is 0 Å². The van der Waals surface area contributed by atoms with Gasteiger partial charge in [0.1, 0.15) is 12.4 Å². The normalized spacial score (nSPS) is 11.6. The van der Waals surface area contributed by atoms with E-state index in [9.17, 15) is 9.59 Å². The molecule has 1 unspecified atom stereocenters. The van der Waals surface area contributed by atoms with Gasteiger partial charge in [-0.25, -0.2) is 9.59 Å². The second kappa shape index (κ2) is 7.22. The van der Waals surface area contributed by atoms with Crippen molar-refractivity contribution in [2.75, 3.05) is 13.2 Å². The fourth-order valence-corrected chi connectivity index (χ4v) is 1.35. The molecule has 0 bridgehead atoms. The molecule has 0 radical (unpaired) electrons. The number of carbonyl (C=O) groups is 2. The monoisotopic (exact) mass is 269 g/mol. The van der Waals surface area contributed by atoms with Gasteiger partial charge in [0.05, 0.1) is 12.6 Å². The zero-order valence-electron chi connectivity index (χ0n) is 10.2. The summed E-state index contributed by atoms with van der Waals surface area (Å²) in [6.45, 7) is 3.13. The average molecular weight is 269 g/mol. The molecule has 1 amide bonds. The summed E-state index contributed by atoms with van der Waals surface area (Å²) in [4.78, 5) is 21.9. The van der Waals surface area contributed by atoms with Gasteiger partial charge < -0.3 is 24.7 Å². The Kier molecular flexibility index (Phi) is 5.62. The van der Waals surface area contributed by atoms with E-state index < -0.39 is 18.1 Å². The number of carboxylic acid groups (broad SMARTS) is 1. The third-order valence-corrected chi connectivity index (χ3v) is 2.19. The fraction of sp³-hybridized carbons (Fsp3) is 0.333. The summed E-state index contributed by atoms with van der Waals surface area (Å²) in [6, 6.07) is 2.16. The summed E-state index contributed by atoms with van der Waals surface area (Å²) in [5, 5.41) is 20.2. The van der Waals surface area contributed by atoms with Crippen LogP contribution in [-0.4, -0.2) is 41.5 Å². The zero-order valence-corrected chi connectivity index (χ0v) is 10.2. The van der Waals surface area contributed by atoms with E-state index in [1.807, 2.05) is 0 Å². The smallest absolute Gasteiger partial charge is 0.407 e.